The van der Waals surface area contributed by atoms with E-state index in [0.717, 1.165) is 24.6 Å². The van der Waals surface area contributed by atoms with E-state index in [1.165, 1.54) is 12.8 Å². The van der Waals surface area contributed by atoms with Gasteiger partial charge in [-0.25, -0.2) is 9.97 Å². The molecule has 3 rings (SSSR count). The van der Waals surface area contributed by atoms with E-state index in [1.54, 1.807) is 6.33 Å². The summed E-state index contributed by atoms with van der Waals surface area (Å²) >= 11 is 0. The zero-order chi connectivity index (χ0) is 11.8. The van der Waals surface area contributed by atoms with Crippen molar-refractivity contribution < 1.29 is 4.79 Å². The number of carbonyl (C=O) groups excluding carboxylic acids is 1. The number of nitrogens with one attached hydrogen (secondary N) is 2. The molecule has 1 aromatic rings. The summed E-state index contributed by atoms with van der Waals surface area (Å²) in [6, 6.07) is -0.246. The summed E-state index contributed by atoms with van der Waals surface area (Å²) in [6.07, 6.45) is 3.90. The van der Waals surface area contributed by atoms with E-state index >= 15 is 0 Å². The maximum absolute atomic E-state index is 11.7. The molecule has 90 valence electrons. The van der Waals surface area contributed by atoms with Crippen LogP contribution in [-0.2, 0) is 4.79 Å². The lowest BCUT2D eigenvalue weighted by molar-refractivity contribution is -0.116. The van der Waals surface area contributed by atoms with E-state index in [2.05, 4.69) is 25.5 Å². The third-order valence-electron chi connectivity index (χ3n) is 3.23. The number of nitrogens with zero attached hydrogens (tertiary/aromatic N) is 3. The van der Waals surface area contributed by atoms with Gasteiger partial charge in [-0.2, -0.15) is 0 Å². The van der Waals surface area contributed by atoms with Crippen molar-refractivity contribution in [3.05, 3.63) is 6.33 Å². The highest BCUT2D eigenvalue weighted by Gasteiger charge is 2.28. The first-order chi connectivity index (χ1) is 8.25. The Balaban J connectivity index is 2.00. The Labute approximate surface area is 99.4 Å². The highest BCUT2D eigenvalue weighted by molar-refractivity contribution is 6.04. The van der Waals surface area contributed by atoms with E-state index < -0.39 is 0 Å². The number of fused-ring (bicyclic) bond motifs is 1. The van der Waals surface area contributed by atoms with Gasteiger partial charge in [-0.3, -0.25) is 4.79 Å². The van der Waals surface area contributed by atoms with Crippen molar-refractivity contribution in [2.75, 3.05) is 28.6 Å². The van der Waals surface area contributed by atoms with Crippen LogP contribution in [0.3, 0.4) is 0 Å². The molecule has 17 heavy (non-hydrogen) atoms. The molecule has 3 heterocycles. The third kappa shape index (κ3) is 1.69. The summed E-state index contributed by atoms with van der Waals surface area (Å²) in [4.78, 5) is 22.3. The van der Waals surface area contributed by atoms with Crippen LogP contribution in [0.1, 0.15) is 19.8 Å². The van der Waals surface area contributed by atoms with E-state index in [4.69, 9.17) is 0 Å². The van der Waals surface area contributed by atoms with Gasteiger partial charge >= 0.3 is 0 Å². The Kier molecular flexibility index (Phi) is 2.35. The number of hydrogen-bond acceptors (Lipinski definition) is 5. The maximum Gasteiger partial charge on any atom is 0.246 e. The fourth-order valence-electron chi connectivity index (χ4n) is 2.27. The molecule has 0 aromatic carbocycles. The minimum Gasteiger partial charge on any atom is -0.357 e. The van der Waals surface area contributed by atoms with Gasteiger partial charge in [-0.05, 0) is 19.8 Å². The molecule has 1 fully saturated rings. The highest BCUT2D eigenvalue weighted by Crippen LogP contribution is 2.34. The van der Waals surface area contributed by atoms with Gasteiger partial charge in [0.15, 0.2) is 11.6 Å². The summed E-state index contributed by atoms with van der Waals surface area (Å²) < 4.78 is 0. The molecular formula is C11H15N5O. The summed E-state index contributed by atoms with van der Waals surface area (Å²) in [5.74, 6) is 1.52. The van der Waals surface area contributed by atoms with Crippen molar-refractivity contribution in [3.8, 4) is 0 Å². The van der Waals surface area contributed by atoms with Crippen LogP contribution in [0.4, 0.5) is 17.3 Å². The molecule has 0 bridgehead atoms. The fourth-order valence-corrected chi connectivity index (χ4v) is 2.27. The predicted molar refractivity (Wildman–Crippen MR) is 65.2 cm³/mol. The van der Waals surface area contributed by atoms with Crippen LogP contribution in [0.15, 0.2) is 6.33 Å². The third-order valence-corrected chi connectivity index (χ3v) is 3.23. The molecule has 1 atom stereocenters. The molecule has 6 heteroatoms. The molecule has 1 unspecified atom stereocenters. The van der Waals surface area contributed by atoms with E-state index in [1.807, 2.05) is 6.92 Å². The quantitative estimate of drug-likeness (QED) is 0.751. The molecule has 1 aromatic heterocycles. The van der Waals surface area contributed by atoms with Crippen LogP contribution in [0, 0.1) is 0 Å². The monoisotopic (exact) mass is 233 g/mol. The average Bonchev–Trinajstić information content (AvgIpc) is 2.83. The Hall–Kier alpha value is -1.85. The standard InChI is InChI=1S/C11H15N5O/c1-7-11(17)15-8-9(14-7)12-6-13-10(8)16-4-2-3-5-16/h6-7H,2-5H2,1H3,(H,15,17)(H,12,13,14). The zero-order valence-electron chi connectivity index (χ0n) is 9.73. The van der Waals surface area contributed by atoms with Gasteiger partial charge in [0, 0.05) is 13.1 Å². The van der Waals surface area contributed by atoms with Crippen LogP contribution in [0.2, 0.25) is 0 Å². The SMILES string of the molecule is CC1Nc2ncnc(N3CCCC3)c2NC1=O. The molecule has 2 N–H and O–H groups in total. The Bertz CT molecular complexity index is 455. The predicted octanol–water partition coefficient (Wildman–Crippen LogP) is 0.829. The van der Waals surface area contributed by atoms with Crippen molar-refractivity contribution in [1.29, 1.82) is 0 Å². The lowest BCUT2D eigenvalue weighted by Crippen LogP contribution is -2.38. The van der Waals surface area contributed by atoms with Crippen molar-refractivity contribution in [1.82, 2.24) is 9.97 Å². The first kappa shape index (κ1) is 10.3. The first-order valence-electron chi connectivity index (χ1n) is 5.93. The summed E-state index contributed by atoms with van der Waals surface area (Å²) in [6.45, 7) is 3.81. The van der Waals surface area contributed by atoms with Crippen LogP contribution in [-0.4, -0.2) is 35.0 Å². The van der Waals surface area contributed by atoms with Crippen molar-refractivity contribution in [2.45, 2.75) is 25.8 Å². The van der Waals surface area contributed by atoms with Gasteiger partial charge in [0.25, 0.3) is 0 Å². The van der Waals surface area contributed by atoms with E-state index in [9.17, 15) is 4.79 Å². The normalized spacial score (nSPS) is 23.0. The minimum absolute atomic E-state index is 0.0345. The van der Waals surface area contributed by atoms with Crippen LogP contribution < -0.4 is 15.5 Å². The topological polar surface area (TPSA) is 70.2 Å². The smallest absolute Gasteiger partial charge is 0.246 e. The lowest BCUT2D eigenvalue weighted by atomic mass is 10.2. The Morgan fingerprint density at radius 1 is 1.35 bits per heavy atom. The number of hydrogen-bond donors (Lipinski definition) is 2. The molecule has 2 aliphatic rings. The van der Waals surface area contributed by atoms with E-state index in [-0.39, 0.29) is 11.9 Å². The number of amides is 1. The number of aromatic nitrogens is 2. The largest absolute Gasteiger partial charge is 0.357 e. The molecule has 1 saturated heterocycles. The summed E-state index contributed by atoms with van der Waals surface area (Å²) in [5.41, 5.74) is 0.720. The highest BCUT2D eigenvalue weighted by atomic mass is 16.2. The molecule has 0 aliphatic carbocycles. The molecule has 1 amide bonds. The molecule has 6 nitrogen and oxygen atoms in total. The van der Waals surface area contributed by atoms with Crippen molar-refractivity contribution in [3.63, 3.8) is 0 Å². The summed E-state index contributed by atoms with van der Waals surface area (Å²) in [5, 5.41) is 5.97. The maximum atomic E-state index is 11.7. The number of carbonyl (C=O) groups is 1. The van der Waals surface area contributed by atoms with Gasteiger partial charge in [-0.15, -0.1) is 0 Å². The second-order valence-corrected chi connectivity index (χ2v) is 4.47. The average molecular weight is 233 g/mol. The van der Waals surface area contributed by atoms with Crippen LogP contribution in [0.5, 0.6) is 0 Å². The molecule has 2 aliphatic heterocycles. The van der Waals surface area contributed by atoms with Gasteiger partial charge in [0.2, 0.25) is 5.91 Å². The van der Waals surface area contributed by atoms with Gasteiger partial charge in [0.1, 0.15) is 18.1 Å². The zero-order valence-corrected chi connectivity index (χ0v) is 9.73. The van der Waals surface area contributed by atoms with E-state index in [0.29, 0.717) is 5.82 Å². The fraction of sp³-hybridized carbons (Fsp3) is 0.545. The van der Waals surface area contributed by atoms with Gasteiger partial charge in [0.05, 0.1) is 0 Å². The number of anilines is 3. The molecule has 0 saturated carbocycles. The molecular weight excluding hydrogens is 218 g/mol. The van der Waals surface area contributed by atoms with Crippen molar-refractivity contribution >= 4 is 23.2 Å². The Morgan fingerprint density at radius 2 is 2.12 bits per heavy atom. The number of rotatable bonds is 1. The lowest BCUT2D eigenvalue weighted by Gasteiger charge is -2.27. The van der Waals surface area contributed by atoms with Gasteiger partial charge in [-0.1, -0.05) is 0 Å². The van der Waals surface area contributed by atoms with Crippen molar-refractivity contribution in [2.24, 2.45) is 0 Å². The van der Waals surface area contributed by atoms with Crippen LogP contribution in [0.25, 0.3) is 0 Å². The molecule has 0 spiro atoms. The first-order valence-corrected chi connectivity index (χ1v) is 5.93. The second-order valence-electron chi connectivity index (χ2n) is 4.47. The van der Waals surface area contributed by atoms with Gasteiger partial charge < -0.3 is 15.5 Å². The Morgan fingerprint density at radius 3 is 2.88 bits per heavy atom. The van der Waals surface area contributed by atoms with Crippen LogP contribution >= 0.6 is 0 Å². The second kappa shape index (κ2) is 3.87. The summed E-state index contributed by atoms with van der Waals surface area (Å²) in [7, 11) is 0. The minimum atomic E-state index is -0.246. The molecule has 0 radical (unpaired) electrons.